The van der Waals surface area contributed by atoms with E-state index in [0.717, 1.165) is 56.0 Å². The monoisotopic (exact) mass is 539 g/mol. The summed E-state index contributed by atoms with van der Waals surface area (Å²) in [6.45, 7) is 0.874. The van der Waals surface area contributed by atoms with E-state index in [-0.39, 0.29) is 21.8 Å². The maximum Gasteiger partial charge on any atom is 0.503 e. The maximum absolute atomic E-state index is 13.5. The first-order valence-corrected chi connectivity index (χ1v) is 11.2. The Kier molecular flexibility index (Phi) is 9.64. The van der Waals surface area contributed by atoms with Crippen LogP contribution in [0.4, 0.5) is 36.8 Å². The molecular formula is C24H24ClF6NO4. The fraction of sp³-hybridized carbons (Fsp3) is 0.417. The molecule has 0 aliphatic heterocycles. The lowest BCUT2D eigenvalue weighted by molar-refractivity contribution is -0.178. The number of benzene rings is 2. The SMILES string of the molecule is CC(C(C(=O)Nc1cc(CC2CC2)ccc1Cl)c1ccc(CC(F)(F)F)cc1)C(F)(F)F.O=C(O)O. The van der Waals surface area contributed by atoms with Gasteiger partial charge in [0.2, 0.25) is 5.91 Å². The standard InChI is InChI=1S/C23H22ClF6NO.CH2O3/c1-13(23(28,29)30)20(17-7-4-15(5-8-17)12-22(25,26)27)21(32)31-19-11-16(6-9-18(19)24)10-14-2-3-14;2-1(3)4/h4-9,11,13-14,20H,2-3,10,12H2,1H3,(H,31,32);(H2,2,3,4). The molecule has 0 saturated heterocycles. The van der Waals surface area contributed by atoms with E-state index >= 15 is 0 Å². The smallest absolute Gasteiger partial charge is 0.450 e. The molecule has 1 fully saturated rings. The minimum absolute atomic E-state index is 0.0245. The molecule has 1 saturated carbocycles. The molecule has 2 aromatic rings. The van der Waals surface area contributed by atoms with Crippen molar-refractivity contribution < 1.29 is 46.1 Å². The van der Waals surface area contributed by atoms with Crippen molar-refractivity contribution in [3.05, 3.63) is 64.2 Å². The van der Waals surface area contributed by atoms with Gasteiger partial charge in [0.15, 0.2) is 0 Å². The zero-order valence-electron chi connectivity index (χ0n) is 19.0. The highest BCUT2D eigenvalue weighted by Gasteiger charge is 2.45. The summed E-state index contributed by atoms with van der Waals surface area (Å²) >= 11 is 6.15. The fourth-order valence-electron chi connectivity index (χ4n) is 3.59. The number of anilines is 1. The minimum Gasteiger partial charge on any atom is -0.450 e. The van der Waals surface area contributed by atoms with E-state index in [9.17, 15) is 31.1 Å². The Hall–Kier alpha value is -2.95. The van der Waals surface area contributed by atoms with Gasteiger partial charge in [-0.1, -0.05) is 48.9 Å². The third kappa shape index (κ3) is 9.60. The number of nitrogens with one attached hydrogen (secondary N) is 1. The Balaban J connectivity index is 0.00000106. The third-order valence-corrected chi connectivity index (χ3v) is 5.88. The van der Waals surface area contributed by atoms with Crippen molar-refractivity contribution in [2.75, 3.05) is 5.32 Å². The Bertz CT molecular complexity index is 1050. The average molecular weight is 540 g/mol. The molecule has 0 aromatic heterocycles. The minimum atomic E-state index is -4.69. The van der Waals surface area contributed by atoms with E-state index in [1.807, 2.05) is 6.07 Å². The summed E-state index contributed by atoms with van der Waals surface area (Å²) < 4.78 is 78.3. The van der Waals surface area contributed by atoms with Crippen LogP contribution in [0.3, 0.4) is 0 Å². The number of rotatable bonds is 7. The quantitative estimate of drug-likeness (QED) is 0.317. The summed E-state index contributed by atoms with van der Waals surface area (Å²) in [6, 6.07) is 9.51. The van der Waals surface area contributed by atoms with E-state index in [1.54, 1.807) is 12.1 Å². The molecule has 12 heteroatoms. The van der Waals surface area contributed by atoms with Crippen LogP contribution in [0, 0.1) is 11.8 Å². The predicted octanol–water partition coefficient (Wildman–Crippen LogP) is 7.54. The maximum atomic E-state index is 13.5. The van der Waals surface area contributed by atoms with Crippen molar-refractivity contribution in [1.29, 1.82) is 0 Å². The molecule has 2 unspecified atom stereocenters. The van der Waals surface area contributed by atoms with E-state index < -0.39 is 42.7 Å². The van der Waals surface area contributed by atoms with Crippen molar-refractivity contribution in [3.8, 4) is 0 Å². The topological polar surface area (TPSA) is 86.6 Å². The molecule has 2 aromatic carbocycles. The van der Waals surface area contributed by atoms with Crippen LogP contribution in [0.15, 0.2) is 42.5 Å². The van der Waals surface area contributed by atoms with Crippen molar-refractivity contribution in [2.45, 2.75) is 50.9 Å². The van der Waals surface area contributed by atoms with Gasteiger partial charge in [0.05, 0.1) is 29.0 Å². The van der Waals surface area contributed by atoms with Crippen molar-refractivity contribution in [1.82, 2.24) is 0 Å². The Morgan fingerprint density at radius 1 is 1.00 bits per heavy atom. The van der Waals surface area contributed by atoms with Crippen LogP contribution in [-0.2, 0) is 17.6 Å². The summed E-state index contributed by atoms with van der Waals surface area (Å²) in [5.74, 6) is -4.08. The molecular weight excluding hydrogens is 516 g/mol. The van der Waals surface area contributed by atoms with Crippen LogP contribution in [0.2, 0.25) is 5.02 Å². The molecule has 0 heterocycles. The number of carboxylic acid groups (broad SMARTS) is 2. The number of amides is 1. The molecule has 0 bridgehead atoms. The van der Waals surface area contributed by atoms with Gasteiger partial charge in [-0.15, -0.1) is 0 Å². The van der Waals surface area contributed by atoms with Gasteiger partial charge in [-0.25, -0.2) is 4.79 Å². The summed E-state index contributed by atoms with van der Waals surface area (Å²) in [5, 5.41) is 16.6. The second-order valence-corrected chi connectivity index (χ2v) is 8.98. The second-order valence-electron chi connectivity index (χ2n) is 8.58. The molecule has 5 nitrogen and oxygen atoms in total. The van der Waals surface area contributed by atoms with Gasteiger partial charge in [-0.05, 0) is 54.0 Å². The molecule has 1 aliphatic rings. The van der Waals surface area contributed by atoms with Gasteiger partial charge in [0, 0.05) is 0 Å². The second kappa shape index (κ2) is 11.9. The van der Waals surface area contributed by atoms with E-state index in [1.165, 1.54) is 0 Å². The lowest BCUT2D eigenvalue weighted by Crippen LogP contribution is -2.34. The number of halogens is 7. The van der Waals surface area contributed by atoms with Gasteiger partial charge in [-0.2, -0.15) is 26.3 Å². The summed E-state index contributed by atoms with van der Waals surface area (Å²) in [6.07, 6.45) is -9.16. The first-order chi connectivity index (χ1) is 16.6. The molecule has 36 heavy (non-hydrogen) atoms. The van der Waals surface area contributed by atoms with Crippen LogP contribution in [0.1, 0.15) is 42.4 Å². The fourth-order valence-corrected chi connectivity index (χ4v) is 3.76. The molecule has 3 N–H and O–H groups in total. The first kappa shape index (κ1) is 29.3. The Morgan fingerprint density at radius 2 is 1.53 bits per heavy atom. The zero-order chi connectivity index (χ0) is 27.3. The molecule has 198 valence electrons. The third-order valence-electron chi connectivity index (χ3n) is 5.55. The van der Waals surface area contributed by atoms with Crippen molar-refractivity contribution >= 4 is 29.4 Å². The Labute approximate surface area is 208 Å². The molecule has 0 radical (unpaired) electrons. The zero-order valence-corrected chi connectivity index (χ0v) is 19.7. The van der Waals surface area contributed by atoms with Gasteiger partial charge in [0.25, 0.3) is 0 Å². The lowest BCUT2D eigenvalue weighted by Gasteiger charge is -2.26. The van der Waals surface area contributed by atoms with Gasteiger partial charge < -0.3 is 15.5 Å². The predicted molar refractivity (Wildman–Crippen MR) is 121 cm³/mol. The lowest BCUT2D eigenvalue weighted by atomic mass is 9.85. The van der Waals surface area contributed by atoms with E-state index in [0.29, 0.717) is 5.92 Å². The average Bonchev–Trinajstić information content (AvgIpc) is 3.54. The number of carbonyl (C=O) groups excluding carboxylic acids is 1. The number of alkyl halides is 6. The van der Waals surface area contributed by atoms with Crippen LogP contribution in [0.5, 0.6) is 0 Å². The van der Waals surface area contributed by atoms with Crippen LogP contribution in [0.25, 0.3) is 0 Å². The summed E-state index contributed by atoms with van der Waals surface area (Å²) in [5.41, 5.74) is 1.01. The van der Waals surface area contributed by atoms with Crippen LogP contribution < -0.4 is 5.32 Å². The normalized spacial score (nSPS) is 15.3. The van der Waals surface area contributed by atoms with Crippen molar-refractivity contribution in [3.63, 3.8) is 0 Å². The molecule has 2 atom stereocenters. The van der Waals surface area contributed by atoms with Gasteiger partial charge >= 0.3 is 18.5 Å². The molecule has 0 spiro atoms. The van der Waals surface area contributed by atoms with Gasteiger partial charge in [0.1, 0.15) is 0 Å². The highest BCUT2D eigenvalue weighted by atomic mass is 35.5. The van der Waals surface area contributed by atoms with E-state index in [4.69, 9.17) is 26.6 Å². The van der Waals surface area contributed by atoms with Crippen LogP contribution >= 0.6 is 11.6 Å². The molecule has 1 amide bonds. The first-order valence-electron chi connectivity index (χ1n) is 10.8. The molecule has 1 aliphatic carbocycles. The molecule has 3 rings (SSSR count). The summed E-state index contributed by atoms with van der Waals surface area (Å²) in [7, 11) is 0. The Morgan fingerprint density at radius 3 is 2.00 bits per heavy atom. The van der Waals surface area contributed by atoms with Gasteiger partial charge in [-0.3, -0.25) is 4.79 Å². The number of hydrogen-bond donors (Lipinski definition) is 3. The number of carbonyl (C=O) groups is 2. The van der Waals surface area contributed by atoms with Crippen molar-refractivity contribution in [2.24, 2.45) is 11.8 Å². The number of hydrogen-bond acceptors (Lipinski definition) is 2. The van der Waals surface area contributed by atoms with Crippen LogP contribution in [-0.4, -0.2) is 34.6 Å². The summed E-state index contributed by atoms with van der Waals surface area (Å²) in [4.78, 5) is 21.5. The van der Waals surface area contributed by atoms with E-state index in [2.05, 4.69) is 5.32 Å². The highest BCUT2D eigenvalue weighted by Crippen LogP contribution is 2.39. The largest absolute Gasteiger partial charge is 0.503 e. The highest BCUT2D eigenvalue weighted by molar-refractivity contribution is 6.33.